The van der Waals surface area contributed by atoms with E-state index in [-0.39, 0.29) is 40.8 Å². The SMILES string of the molecule is Cc1cc([N+](=O)[O-])ccc1N1C(=O)[C@H]2C(CC(C)C)NC3(c4ccccc4-n4c3nc3ccccc3c4=O)[C@H]2C1=O.O=C1C(c2c(O)[nH]c3ccccc23)=Nc2ccccc21. The number of ketones is 1. The lowest BCUT2D eigenvalue weighted by Crippen LogP contribution is -2.50. The third-order valence-corrected chi connectivity index (χ3v) is 12.2. The maximum Gasteiger partial charge on any atom is 0.269 e. The first-order valence-electron chi connectivity index (χ1n) is 20.0. The van der Waals surface area contributed by atoms with Crippen LogP contribution in [0, 0.1) is 34.8 Å². The first kappa shape index (κ1) is 37.7. The Morgan fingerprint density at radius 1 is 0.852 bits per heavy atom. The molecule has 3 N–H and O–H groups in total. The van der Waals surface area contributed by atoms with Gasteiger partial charge in [-0.05, 0) is 67.3 Å². The van der Waals surface area contributed by atoms with E-state index in [1.807, 2.05) is 66.7 Å². The summed E-state index contributed by atoms with van der Waals surface area (Å²) in [6.45, 7) is 5.78. The van der Waals surface area contributed by atoms with Crippen LogP contribution in [0.2, 0.25) is 0 Å². The van der Waals surface area contributed by atoms with Gasteiger partial charge in [0.1, 0.15) is 17.1 Å². The number of rotatable bonds is 5. The van der Waals surface area contributed by atoms with Crippen molar-refractivity contribution in [3.05, 3.63) is 164 Å². The van der Waals surface area contributed by atoms with Crippen LogP contribution in [0.15, 0.2) is 125 Å². The molecule has 0 bridgehead atoms. The van der Waals surface area contributed by atoms with Crippen molar-refractivity contribution in [1.82, 2.24) is 19.9 Å². The fourth-order valence-corrected chi connectivity index (χ4v) is 9.77. The van der Waals surface area contributed by atoms with Crippen LogP contribution in [0.25, 0.3) is 27.5 Å². The van der Waals surface area contributed by atoms with Crippen molar-refractivity contribution >= 4 is 62.2 Å². The van der Waals surface area contributed by atoms with Crippen LogP contribution < -0.4 is 15.8 Å². The predicted molar refractivity (Wildman–Crippen MR) is 229 cm³/mol. The van der Waals surface area contributed by atoms with Gasteiger partial charge in [0.25, 0.3) is 11.2 Å². The van der Waals surface area contributed by atoms with Crippen molar-refractivity contribution in [2.45, 2.75) is 38.8 Å². The van der Waals surface area contributed by atoms with Crippen LogP contribution in [0.4, 0.5) is 17.1 Å². The number of non-ortho nitro benzene ring substituents is 1. The zero-order chi connectivity index (χ0) is 42.5. The summed E-state index contributed by atoms with van der Waals surface area (Å²) in [4.78, 5) is 79.4. The van der Waals surface area contributed by atoms with Crippen LogP contribution in [0.1, 0.15) is 53.1 Å². The number of carbonyl (C=O) groups excluding carboxylic acids is 3. The smallest absolute Gasteiger partial charge is 0.269 e. The van der Waals surface area contributed by atoms with Crippen LogP contribution in [-0.4, -0.2) is 53.9 Å². The first-order valence-corrected chi connectivity index (χ1v) is 20.0. The van der Waals surface area contributed by atoms with Gasteiger partial charge in [0.05, 0.1) is 50.3 Å². The lowest BCUT2D eigenvalue weighted by molar-refractivity contribution is -0.384. The van der Waals surface area contributed by atoms with Crippen molar-refractivity contribution < 1.29 is 24.4 Å². The van der Waals surface area contributed by atoms with E-state index in [0.29, 0.717) is 62.6 Å². The highest BCUT2D eigenvalue weighted by Crippen LogP contribution is 2.56. The number of aliphatic imine (C=N–C) groups is 1. The summed E-state index contributed by atoms with van der Waals surface area (Å²) in [5.41, 5.74) is 3.86. The summed E-state index contributed by atoms with van der Waals surface area (Å²) in [6, 6.07) is 33.0. The van der Waals surface area contributed by atoms with Crippen molar-refractivity contribution in [3.63, 3.8) is 0 Å². The molecule has 2 unspecified atom stereocenters. The summed E-state index contributed by atoms with van der Waals surface area (Å²) < 4.78 is 1.58. The lowest BCUT2D eigenvalue weighted by atomic mass is 9.75. The van der Waals surface area contributed by atoms with E-state index in [9.17, 15) is 34.4 Å². The highest BCUT2D eigenvalue weighted by atomic mass is 16.6. The van der Waals surface area contributed by atoms with E-state index in [1.165, 1.54) is 23.1 Å². The van der Waals surface area contributed by atoms with Gasteiger partial charge in [0.15, 0.2) is 5.88 Å². The second kappa shape index (κ2) is 13.7. The Balaban J connectivity index is 0.000000185. The van der Waals surface area contributed by atoms with Crippen molar-refractivity contribution in [2.24, 2.45) is 22.7 Å². The minimum atomic E-state index is -1.22. The maximum atomic E-state index is 14.5. The average Bonchev–Trinajstić information content (AvgIpc) is 4.01. The van der Waals surface area contributed by atoms with Gasteiger partial charge in [-0.1, -0.05) is 74.5 Å². The molecule has 2 fully saturated rings. The van der Waals surface area contributed by atoms with Crippen molar-refractivity contribution in [2.75, 3.05) is 4.90 Å². The molecule has 1 spiro atoms. The van der Waals surface area contributed by atoms with E-state index in [0.717, 1.165) is 16.5 Å². The number of nitro benzene ring substituents is 1. The number of aryl methyl sites for hydroxylation is 1. The van der Waals surface area contributed by atoms with Gasteiger partial charge in [-0.25, -0.2) is 14.9 Å². The Hall–Kier alpha value is -7.58. The van der Waals surface area contributed by atoms with E-state index in [1.54, 1.807) is 41.8 Å². The Labute approximate surface area is 347 Å². The summed E-state index contributed by atoms with van der Waals surface area (Å²) in [5, 5.41) is 26.4. The van der Waals surface area contributed by atoms with Gasteiger partial charge < -0.3 is 10.1 Å². The zero-order valence-corrected chi connectivity index (χ0v) is 33.1. The van der Waals surface area contributed by atoms with Crippen LogP contribution in [0.3, 0.4) is 0 Å². The Morgan fingerprint density at radius 3 is 2.31 bits per heavy atom. The van der Waals surface area contributed by atoms with Crippen molar-refractivity contribution in [3.8, 4) is 11.6 Å². The van der Waals surface area contributed by atoms with E-state index < -0.39 is 28.2 Å². The molecule has 6 heterocycles. The van der Waals surface area contributed by atoms with Gasteiger partial charge >= 0.3 is 0 Å². The molecule has 2 amide bonds. The molecule has 5 aromatic carbocycles. The fourth-order valence-electron chi connectivity index (χ4n) is 9.77. The molecule has 14 heteroatoms. The number of aromatic hydroxyl groups is 1. The highest BCUT2D eigenvalue weighted by Gasteiger charge is 2.69. The number of fused-ring (bicyclic) bond motifs is 10. The third-order valence-electron chi connectivity index (χ3n) is 12.2. The molecule has 11 rings (SSSR count). The first-order chi connectivity index (χ1) is 29.4. The standard InChI is InChI=1S/C31H27N5O5.C16H10N2O2/c1-16(2)14-22-25-26(29(39)34(28(25)38)23-13-12-18(36(40)41)15-17(23)3)31(33-22)20-9-5-7-11-24(20)35-27(37)19-8-4-6-10-21(19)32-30(31)35;19-15-10-6-2-4-8-12(10)17-14(15)13-9-5-1-3-7-11(9)18-16(13)20/h4-13,15-16,22,25-26,33H,14H2,1-3H3;1-8,18,20H/t22?,25-,26+,31?;/m0./s1. The fraction of sp³-hybridized carbons (Fsp3) is 0.191. The van der Waals surface area contributed by atoms with Gasteiger partial charge in [0, 0.05) is 40.2 Å². The van der Waals surface area contributed by atoms with Gasteiger partial charge in [0.2, 0.25) is 17.6 Å². The normalized spacial score (nSPS) is 20.9. The number of imide groups is 1. The zero-order valence-electron chi connectivity index (χ0n) is 33.1. The van der Waals surface area contributed by atoms with Gasteiger partial charge in [-0.3, -0.25) is 39.2 Å². The number of benzene rings is 5. The summed E-state index contributed by atoms with van der Waals surface area (Å²) in [7, 11) is 0. The number of aromatic nitrogens is 3. The number of H-pyrrole nitrogens is 1. The molecule has 7 aromatic rings. The lowest BCUT2D eigenvalue weighted by Gasteiger charge is -2.32. The van der Waals surface area contributed by atoms with Crippen LogP contribution >= 0.6 is 0 Å². The average molecular weight is 812 g/mol. The summed E-state index contributed by atoms with van der Waals surface area (Å²) >= 11 is 0. The Morgan fingerprint density at radius 2 is 1.56 bits per heavy atom. The molecule has 0 radical (unpaired) electrons. The molecule has 0 saturated carbocycles. The monoisotopic (exact) mass is 811 g/mol. The second-order valence-corrected chi connectivity index (χ2v) is 16.2. The number of amides is 2. The number of carbonyl (C=O) groups is 3. The molecule has 4 aliphatic heterocycles. The van der Waals surface area contributed by atoms with E-state index >= 15 is 0 Å². The number of hydrogen-bond acceptors (Lipinski definition) is 10. The topological polar surface area (TPSA) is 193 Å². The number of hydrogen-bond donors (Lipinski definition) is 3. The number of anilines is 1. The summed E-state index contributed by atoms with van der Waals surface area (Å²) in [6.07, 6.45) is 0.620. The Kier molecular flexibility index (Phi) is 8.49. The molecule has 61 heavy (non-hydrogen) atoms. The molecule has 302 valence electrons. The summed E-state index contributed by atoms with van der Waals surface area (Å²) in [5.74, 6) is -1.94. The number of nitrogens with one attached hydrogen (secondary N) is 2. The molecule has 2 saturated heterocycles. The maximum absolute atomic E-state index is 14.5. The minimum absolute atomic E-state index is 0.0221. The van der Waals surface area contributed by atoms with Gasteiger partial charge in [-0.15, -0.1) is 0 Å². The molecule has 14 nitrogen and oxygen atoms in total. The molecular weight excluding hydrogens is 775 g/mol. The quantitative estimate of drug-likeness (QED) is 0.0918. The third kappa shape index (κ3) is 5.45. The van der Waals surface area contributed by atoms with Crippen LogP contribution in [0.5, 0.6) is 5.88 Å². The second-order valence-electron chi connectivity index (χ2n) is 16.2. The predicted octanol–water partition coefficient (Wildman–Crippen LogP) is 7.17. The molecule has 0 aliphatic carbocycles. The van der Waals surface area contributed by atoms with E-state index in [4.69, 9.17) is 4.98 Å². The molecular formula is C47H37N7O7. The molecule has 2 aromatic heterocycles. The van der Waals surface area contributed by atoms with Crippen LogP contribution in [-0.2, 0) is 15.1 Å². The number of aromatic amines is 1. The number of nitrogens with zero attached hydrogens (tertiary/aromatic N) is 5. The minimum Gasteiger partial charge on any atom is -0.494 e. The Bertz CT molecular complexity index is 3170. The van der Waals surface area contributed by atoms with Gasteiger partial charge in [-0.2, -0.15) is 0 Å². The number of nitro groups is 1. The highest BCUT2D eigenvalue weighted by molar-refractivity contribution is 6.56. The van der Waals surface area contributed by atoms with E-state index in [2.05, 4.69) is 29.1 Å². The largest absolute Gasteiger partial charge is 0.494 e. The van der Waals surface area contributed by atoms with Crippen molar-refractivity contribution in [1.29, 1.82) is 0 Å². The number of Topliss-reactive ketones (excluding diaryl/α,β-unsaturated/α-hetero) is 1. The molecule has 4 aliphatic rings. The number of para-hydroxylation sites is 4. The molecule has 4 atom stereocenters.